The van der Waals surface area contributed by atoms with Gasteiger partial charge in [0.15, 0.2) is 12.4 Å². The Bertz CT molecular complexity index is 223. The minimum absolute atomic E-state index is 0. The van der Waals surface area contributed by atoms with Gasteiger partial charge < -0.3 is 12.4 Å². The Balaban J connectivity index is 0.00000121. The number of nitrogens with zero attached hydrogens (tertiary/aromatic N) is 1. The fourth-order valence-electron chi connectivity index (χ4n) is 0.926. The van der Waals surface area contributed by atoms with Crippen LogP contribution in [-0.4, -0.2) is 0 Å². The van der Waals surface area contributed by atoms with Crippen molar-refractivity contribution >= 4 is 0 Å². The topological polar surface area (TPSA) is 29.9 Å². The van der Waals surface area contributed by atoms with Crippen molar-refractivity contribution in [2.75, 3.05) is 0 Å². The summed E-state index contributed by atoms with van der Waals surface area (Å²) in [6.07, 6.45) is 6.55. The maximum Gasteiger partial charge on any atom is 0.212 e. The summed E-state index contributed by atoms with van der Waals surface area (Å²) in [5.41, 5.74) is 5.80. The summed E-state index contributed by atoms with van der Waals surface area (Å²) in [6.45, 7) is 3.63. The second-order valence-corrected chi connectivity index (χ2v) is 2.41. The van der Waals surface area contributed by atoms with Gasteiger partial charge in [-0.05, 0) is 0 Å². The Kier molecular flexibility index (Phi) is 5.34. The van der Waals surface area contributed by atoms with Crippen LogP contribution in [0.3, 0.4) is 0 Å². The zero-order chi connectivity index (χ0) is 8.10. The number of nitrogens with two attached hydrogens (primary N) is 1. The Labute approximate surface area is 79.1 Å². The Morgan fingerprint density at radius 3 is 2.42 bits per heavy atom. The van der Waals surface area contributed by atoms with Crippen LogP contribution in [0.2, 0.25) is 0 Å². The number of halogens is 1. The third-order valence-electron chi connectivity index (χ3n) is 1.53. The molecule has 0 spiro atoms. The van der Waals surface area contributed by atoms with E-state index in [4.69, 9.17) is 5.73 Å². The predicted octanol–water partition coefficient (Wildman–Crippen LogP) is -1.99. The van der Waals surface area contributed by atoms with Crippen molar-refractivity contribution in [1.82, 2.24) is 0 Å². The molecule has 1 heterocycles. The molecule has 0 amide bonds. The summed E-state index contributed by atoms with van der Waals surface area (Å²) >= 11 is 0. The quantitative estimate of drug-likeness (QED) is 0.428. The lowest BCUT2D eigenvalue weighted by Gasteiger charge is -2.01. The van der Waals surface area contributed by atoms with Crippen LogP contribution < -0.4 is 22.7 Å². The van der Waals surface area contributed by atoms with E-state index in [9.17, 15) is 0 Å². The molecule has 0 aromatic carbocycles. The molecule has 2 nitrogen and oxygen atoms in total. The molecule has 1 atom stereocenters. The number of rotatable bonds is 3. The molecular formula is C9H13ClN2. The highest BCUT2D eigenvalue weighted by atomic mass is 35.5. The lowest BCUT2D eigenvalue weighted by atomic mass is 10.3. The number of hydrogen-bond acceptors (Lipinski definition) is 1. The number of pyridine rings is 1. The van der Waals surface area contributed by atoms with Crippen molar-refractivity contribution in [3.63, 3.8) is 0 Å². The zero-order valence-electron chi connectivity index (χ0n) is 6.86. The largest absolute Gasteiger partial charge is 1.00 e. The van der Waals surface area contributed by atoms with Crippen LogP contribution >= 0.6 is 0 Å². The maximum atomic E-state index is 5.80. The first-order valence-corrected chi connectivity index (χ1v) is 3.67. The van der Waals surface area contributed by atoms with Crippen LogP contribution in [0.4, 0.5) is 0 Å². The van der Waals surface area contributed by atoms with Crippen LogP contribution in [0.15, 0.2) is 43.2 Å². The van der Waals surface area contributed by atoms with Crippen LogP contribution in [0.5, 0.6) is 0 Å². The van der Waals surface area contributed by atoms with Gasteiger partial charge in [0.25, 0.3) is 0 Å². The highest BCUT2D eigenvalue weighted by Crippen LogP contribution is 1.92. The summed E-state index contributed by atoms with van der Waals surface area (Å²) in [6, 6.07) is 5.89. The summed E-state index contributed by atoms with van der Waals surface area (Å²) < 4.78 is 1.96. The SMILES string of the molecule is C=CCC(N)[n+]1ccccc1.[Cl-]. The normalized spacial score (nSPS) is 11.4. The third-order valence-corrected chi connectivity index (χ3v) is 1.53. The molecule has 1 rings (SSSR count). The molecule has 0 aliphatic carbocycles. The molecule has 0 saturated heterocycles. The van der Waals surface area contributed by atoms with Gasteiger partial charge in [0.2, 0.25) is 6.17 Å². The lowest BCUT2D eigenvalue weighted by Crippen LogP contribution is -3.00. The fraction of sp³-hybridized carbons (Fsp3) is 0.222. The number of aromatic nitrogens is 1. The van der Waals surface area contributed by atoms with Crippen LogP contribution in [0.25, 0.3) is 0 Å². The van der Waals surface area contributed by atoms with Gasteiger partial charge in [-0.1, -0.05) is 12.1 Å². The molecular weight excluding hydrogens is 172 g/mol. The van der Waals surface area contributed by atoms with Gasteiger partial charge in [0.05, 0.1) is 0 Å². The van der Waals surface area contributed by atoms with Crippen molar-refractivity contribution in [2.24, 2.45) is 5.73 Å². The lowest BCUT2D eigenvalue weighted by molar-refractivity contribution is -0.721. The van der Waals surface area contributed by atoms with E-state index in [-0.39, 0.29) is 18.6 Å². The molecule has 2 N–H and O–H groups in total. The Morgan fingerprint density at radius 2 is 1.92 bits per heavy atom. The standard InChI is InChI=1S/C9H13N2.ClH/c1-2-6-9(10)11-7-4-3-5-8-11;/h2-5,7-9H,1,6,10H2;1H/q+1;/p-1. The minimum Gasteiger partial charge on any atom is -1.00 e. The second-order valence-electron chi connectivity index (χ2n) is 2.41. The molecule has 66 valence electrons. The zero-order valence-corrected chi connectivity index (χ0v) is 7.61. The first kappa shape index (κ1) is 11.1. The smallest absolute Gasteiger partial charge is 0.212 e. The molecule has 12 heavy (non-hydrogen) atoms. The van der Waals surface area contributed by atoms with Crippen molar-refractivity contribution < 1.29 is 17.0 Å². The Hall–Kier alpha value is -0.860. The molecule has 0 fully saturated rings. The predicted molar refractivity (Wildman–Crippen MR) is 44.7 cm³/mol. The average molecular weight is 185 g/mol. The van der Waals surface area contributed by atoms with Gasteiger partial charge in [-0.15, -0.1) is 6.58 Å². The molecule has 0 aliphatic heterocycles. The van der Waals surface area contributed by atoms with E-state index in [0.29, 0.717) is 0 Å². The van der Waals surface area contributed by atoms with E-state index in [0.717, 1.165) is 6.42 Å². The average Bonchev–Trinajstić information content (AvgIpc) is 2.07. The summed E-state index contributed by atoms with van der Waals surface area (Å²) in [4.78, 5) is 0. The van der Waals surface area contributed by atoms with E-state index >= 15 is 0 Å². The molecule has 0 saturated carbocycles. The fourth-order valence-corrected chi connectivity index (χ4v) is 0.926. The van der Waals surface area contributed by atoms with E-state index in [2.05, 4.69) is 6.58 Å². The second kappa shape index (κ2) is 5.75. The van der Waals surface area contributed by atoms with Crippen molar-refractivity contribution in [2.45, 2.75) is 12.6 Å². The maximum absolute atomic E-state index is 5.80. The van der Waals surface area contributed by atoms with Crippen LogP contribution in [0.1, 0.15) is 12.6 Å². The highest BCUT2D eigenvalue weighted by molar-refractivity contribution is 4.84. The van der Waals surface area contributed by atoms with E-state index in [1.165, 1.54) is 0 Å². The summed E-state index contributed by atoms with van der Waals surface area (Å²) in [7, 11) is 0. The van der Waals surface area contributed by atoms with E-state index < -0.39 is 0 Å². The first-order valence-electron chi connectivity index (χ1n) is 3.67. The monoisotopic (exact) mass is 184 g/mol. The van der Waals surface area contributed by atoms with E-state index in [1.807, 2.05) is 41.2 Å². The third kappa shape index (κ3) is 3.03. The van der Waals surface area contributed by atoms with E-state index in [1.54, 1.807) is 0 Å². The molecule has 1 aromatic rings. The summed E-state index contributed by atoms with van der Waals surface area (Å²) in [5.74, 6) is 0. The highest BCUT2D eigenvalue weighted by Gasteiger charge is 2.07. The van der Waals surface area contributed by atoms with Crippen molar-refractivity contribution in [1.29, 1.82) is 0 Å². The van der Waals surface area contributed by atoms with Crippen molar-refractivity contribution in [3.05, 3.63) is 43.2 Å². The first-order chi connectivity index (χ1) is 5.34. The molecule has 0 aliphatic rings. The van der Waals surface area contributed by atoms with Crippen molar-refractivity contribution in [3.8, 4) is 0 Å². The Morgan fingerprint density at radius 1 is 1.33 bits per heavy atom. The van der Waals surface area contributed by atoms with Gasteiger partial charge in [0, 0.05) is 18.6 Å². The molecule has 3 heteroatoms. The van der Waals surface area contributed by atoms with Crippen LogP contribution in [0, 0.1) is 0 Å². The minimum atomic E-state index is 0. The molecule has 1 unspecified atom stereocenters. The van der Waals surface area contributed by atoms with Gasteiger partial charge >= 0.3 is 0 Å². The molecule has 0 bridgehead atoms. The number of hydrogen-bond donors (Lipinski definition) is 1. The molecule has 1 aromatic heterocycles. The van der Waals surface area contributed by atoms with Gasteiger partial charge in [-0.2, -0.15) is 4.57 Å². The van der Waals surface area contributed by atoms with Gasteiger partial charge in [-0.25, -0.2) is 0 Å². The summed E-state index contributed by atoms with van der Waals surface area (Å²) in [5, 5.41) is 0. The van der Waals surface area contributed by atoms with Crippen LogP contribution in [-0.2, 0) is 0 Å². The molecule has 0 radical (unpaired) electrons. The van der Waals surface area contributed by atoms with Gasteiger partial charge in [-0.3, -0.25) is 5.73 Å². The van der Waals surface area contributed by atoms with Gasteiger partial charge in [0.1, 0.15) is 0 Å².